The number of likely N-dealkylation sites (tertiary alicyclic amines) is 1. The Labute approximate surface area is 267 Å². The zero-order valence-corrected chi connectivity index (χ0v) is 26.3. The van der Waals surface area contributed by atoms with E-state index in [-0.39, 0.29) is 49.6 Å². The van der Waals surface area contributed by atoms with Gasteiger partial charge >= 0.3 is 0 Å². The van der Waals surface area contributed by atoms with E-state index >= 15 is 0 Å². The van der Waals surface area contributed by atoms with Crippen LogP contribution in [0.1, 0.15) is 36.4 Å². The number of para-hydroxylation sites is 2. The highest BCUT2D eigenvalue weighted by Gasteiger charge is 2.51. The van der Waals surface area contributed by atoms with Crippen LogP contribution in [0.15, 0.2) is 77.3 Å². The zero-order chi connectivity index (χ0) is 32.3. The molecular formula is C34H41N5O7. The largest absolute Gasteiger partial charge is 0.459 e. The van der Waals surface area contributed by atoms with E-state index in [1.165, 1.54) is 0 Å². The summed E-state index contributed by atoms with van der Waals surface area (Å²) in [5.41, 5.74) is 2.16. The van der Waals surface area contributed by atoms with E-state index < -0.39 is 17.7 Å². The molecule has 6 rings (SSSR count). The van der Waals surface area contributed by atoms with Crippen molar-refractivity contribution >= 4 is 17.5 Å². The molecule has 3 aliphatic rings. The third-order valence-corrected chi connectivity index (χ3v) is 9.29. The van der Waals surface area contributed by atoms with Gasteiger partial charge < -0.3 is 34.4 Å². The predicted molar refractivity (Wildman–Crippen MR) is 170 cm³/mol. The fraction of sp³-hybridized carbons (Fsp3) is 0.441. The summed E-state index contributed by atoms with van der Waals surface area (Å²) in [7, 11) is 1.84. The number of aliphatic hydroxyl groups excluding tert-OH is 1. The fourth-order valence-electron chi connectivity index (χ4n) is 6.80. The van der Waals surface area contributed by atoms with Crippen molar-refractivity contribution in [2.45, 2.75) is 43.9 Å². The summed E-state index contributed by atoms with van der Waals surface area (Å²) in [6, 6.07) is 19.3. The molecule has 0 unspecified atom stereocenters. The molecule has 46 heavy (non-hydrogen) atoms. The highest BCUT2D eigenvalue weighted by molar-refractivity contribution is 5.95. The summed E-state index contributed by atoms with van der Waals surface area (Å²) >= 11 is 0. The van der Waals surface area contributed by atoms with Crippen LogP contribution in [0, 0.1) is 6.92 Å². The maximum absolute atomic E-state index is 14.0. The molecule has 3 aromatic rings. The van der Waals surface area contributed by atoms with Crippen LogP contribution in [0.3, 0.4) is 0 Å². The number of anilines is 1. The summed E-state index contributed by atoms with van der Waals surface area (Å²) in [6.07, 6.45) is 2.23. The van der Waals surface area contributed by atoms with Gasteiger partial charge in [0.2, 0.25) is 12.2 Å². The van der Waals surface area contributed by atoms with Gasteiger partial charge in [0.1, 0.15) is 5.54 Å². The van der Waals surface area contributed by atoms with Gasteiger partial charge in [0.05, 0.1) is 38.8 Å². The molecule has 2 N–H and O–H groups in total. The Morgan fingerprint density at radius 2 is 1.67 bits per heavy atom. The summed E-state index contributed by atoms with van der Waals surface area (Å²) < 4.78 is 20.9. The summed E-state index contributed by atoms with van der Waals surface area (Å²) in [5, 5.41) is 12.0. The Balaban J connectivity index is 1.25. The molecule has 12 nitrogen and oxygen atoms in total. The Bertz CT molecular complexity index is 1630. The number of piperidine rings is 1. The first-order chi connectivity index (χ1) is 22.3. The molecule has 0 aliphatic carbocycles. The number of hydrogen-bond donors (Lipinski definition) is 2. The number of rotatable bonds is 10. The Morgan fingerprint density at radius 1 is 1.00 bits per heavy atom. The molecule has 4 heterocycles. The molecule has 2 saturated heterocycles. The number of carbonyl (C=O) groups excluding carboxylic acids is 2. The molecule has 2 amide bonds. The van der Waals surface area contributed by atoms with Crippen LogP contribution in [0.5, 0.6) is 0 Å². The summed E-state index contributed by atoms with van der Waals surface area (Å²) in [6.45, 7) is 3.60. The maximum Gasteiger partial charge on any atom is 0.288 e. The van der Waals surface area contributed by atoms with Crippen molar-refractivity contribution in [3.63, 3.8) is 0 Å². The van der Waals surface area contributed by atoms with Crippen LogP contribution in [0.4, 0.5) is 5.69 Å². The lowest BCUT2D eigenvalue weighted by Gasteiger charge is -2.43. The van der Waals surface area contributed by atoms with Gasteiger partial charge in [-0.3, -0.25) is 19.1 Å². The van der Waals surface area contributed by atoms with E-state index in [1.807, 2.05) is 79.3 Å². The Morgan fingerprint density at radius 3 is 2.35 bits per heavy atom. The second kappa shape index (κ2) is 13.5. The molecule has 2 aromatic carbocycles. The minimum atomic E-state index is -0.791. The third-order valence-electron chi connectivity index (χ3n) is 9.29. The van der Waals surface area contributed by atoms with Crippen LogP contribution in [-0.2, 0) is 30.8 Å². The number of carbonyl (C=O) groups is 2. The average Bonchev–Trinajstić information content (AvgIpc) is 3.51. The van der Waals surface area contributed by atoms with Crippen molar-refractivity contribution in [3.05, 3.63) is 94.1 Å². The molecule has 12 heteroatoms. The average molecular weight is 632 g/mol. The lowest BCUT2D eigenvalue weighted by molar-refractivity contribution is -0.157. The standard InChI is InChI=1S/C34H41N5O7/c1-24-30(32(42)39(36(24)2)27-11-7-4-8-12-27)25-21-28(46-29(22-25)45-20-19-44-18-17-40)31(41)37-15-13-34(14-16-37)33(43)35-23-38(34)26-9-5-3-6-10-26/h3-12,21,25,29,40H,13-20,22-23H2,1-2H3,(H,35,43)/t25-,29+/m1/s1. The monoisotopic (exact) mass is 631 g/mol. The van der Waals surface area contributed by atoms with Crippen molar-refractivity contribution in [2.75, 3.05) is 51.1 Å². The van der Waals surface area contributed by atoms with Gasteiger partial charge in [-0.1, -0.05) is 36.4 Å². The number of amides is 2. The van der Waals surface area contributed by atoms with Crippen LogP contribution < -0.4 is 15.8 Å². The van der Waals surface area contributed by atoms with E-state index in [4.69, 9.17) is 19.3 Å². The van der Waals surface area contributed by atoms with E-state index in [2.05, 4.69) is 10.2 Å². The van der Waals surface area contributed by atoms with Crippen LogP contribution in [-0.4, -0.2) is 89.2 Å². The summed E-state index contributed by atoms with van der Waals surface area (Å²) in [5.74, 6) is -0.641. The zero-order valence-electron chi connectivity index (χ0n) is 26.3. The summed E-state index contributed by atoms with van der Waals surface area (Å²) in [4.78, 5) is 44.9. The number of nitrogens with one attached hydrogen (secondary N) is 1. The van der Waals surface area contributed by atoms with Crippen LogP contribution in [0.25, 0.3) is 5.69 Å². The van der Waals surface area contributed by atoms with Crippen molar-refractivity contribution in [2.24, 2.45) is 7.05 Å². The normalized spacial score (nSPS) is 20.8. The van der Waals surface area contributed by atoms with Gasteiger partial charge in [-0.05, 0) is 50.1 Å². The number of nitrogens with zero attached hydrogens (tertiary/aromatic N) is 4. The number of hydrogen-bond acceptors (Lipinski definition) is 8. The molecule has 0 saturated carbocycles. The lowest BCUT2D eigenvalue weighted by atomic mass is 9.85. The molecule has 1 aromatic heterocycles. The van der Waals surface area contributed by atoms with Crippen LogP contribution >= 0.6 is 0 Å². The van der Waals surface area contributed by atoms with Gasteiger partial charge in [-0.2, -0.15) is 0 Å². The second-order valence-electron chi connectivity index (χ2n) is 11.9. The van der Waals surface area contributed by atoms with E-state index in [0.717, 1.165) is 17.1 Å². The van der Waals surface area contributed by atoms with Gasteiger partial charge in [0.15, 0.2) is 5.76 Å². The molecular weight excluding hydrogens is 590 g/mol. The Kier molecular flexibility index (Phi) is 9.29. The minimum Gasteiger partial charge on any atom is -0.459 e. The second-order valence-corrected chi connectivity index (χ2v) is 11.9. The SMILES string of the molecule is Cc1c([C@@H]2C=C(C(=O)N3CCC4(CC3)C(=O)NCN4c3ccccc3)O[C@H](OCCOCCO)C2)c(=O)n(-c2ccccc2)n1C. The number of benzene rings is 2. The highest BCUT2D eigenvalue weighted by atomic mass is 16.7. The Hall–Kier alpha value is -4.39. The molecule has 3 aliphatic heterocycles. The van der Waals surface area contributed by atoms with Crippen molar-refractivity contribution in [1.82, 2.24) is 19.6 Å². The van der Waals surface area contributed by atoms with E-state index in [9.17, 15) is 14.4 Å². The lowest BCUT2D eigenvalue weighted by Crippen LogP contribution is -2.57. The van der Waals surface area contributed by atoms with Gasteiger partial charge in [0.25, 0.3) is 11.5 Å². The van der Waals surface area contributed by atoms with Crippen molar-refractivity contribution < 1.29 is 28.9 Å². The quantitative estimate of drug-likeness (QED) is 0.326. The number of aromatic nitrogens is 2. The van der Waals surface area contributed by atoms with Gasteiger partial charge in [-0.15, -0.1) is 0 Å². The number of aliphatic hydroxyl groups is 1. The maximum atomic E-state index is 14.0. The van der Waals surface area contributed by atoms with Crippen molar-refractivity contribution in [3.8, 4) is 5.69 Å². The molecule has 0 radical (unpaired) electrons. The smallest absolute Gasteiger partial charge is 0.288 e. The molecule has 2 fully saturated rings. The molecule has 0 bridgehead atoms. The minimum absolute atomic E-state index is 0.0252. The van der Waals surface area contributed by atoms with Gasteiger partial charge in [-0.25, -0.2) is 4.68 Å². The van der Waals surface area contributed by atoms with E-state index in [1.54, 1.807) is 15.7 Å². The fourth-order valence-corrected chi connectivity index (χ4v) is 6.80. The number of allylic oxidation sites excluding steroid dienone is 1. The number of ether oxygens (including phenoxy) is 3. The predicted octanol–water partition coefficient (Wildman–Crippen LogP) is 2.18. The molecule has 244 valence electrons. The van der Waals surface area contributed by atoms with E-state index in [0.29, 0.717) is 44.6 Å². The van der Waals surface area contributed by atoms with Crippen LogP contribution in [0.2, 0.25) is 0 Å². The topological polar surface area (TPSA) is 128 Å². The molecule has 1 spiro atoms. The first kappa shape index (κ1) is 31.6. The van der Waals surface area contributed by atoms with Crippen molar-refractivity contribution in [1.29, 1.82) is 0 Å². The molecule has 2 atom stereocenters. The highest BCUT2D eigenvalue weighted by Crippen LogP contribution is 2.38. The first-order valence-electron chi connectivity index (χ1n) is 15.8. The van der Waals surface area contributed by atoms with Gasteiger partial charge in [0, 0.05) is 49.4 Å². The first-order valence-corrected chi connectivity index (χ1v) is 15.8. The third kappa shape index (κ3) is 5.95.